The van der Waals surface area contributed by atoms with Gasteiger partial charge in [-0.25, -0.2) is 14.8 Å². The SMILES string of the molecule is CCOC(=O)N1CCC(NC(=O)c2cnc(Nc3cccc(C)c3)nc2)CC1. The van der Waals surface area contributed by atoms with Crippen LogP contribution in [0, 0.1) is 6.92 Å². The van der Waals surface area contributed by atoms with Crippen molar-refractivity contribution in [3.8, 4) is 0 Å². The summed E-state index contributed by atoms with van der Waals surface area (Å²) in [6.45, 7) is 5.30. The first-order valence-electron chi connectivity index (χ1n) is 9.43. The van der Waals surface area contributed by atoms with Crippen LogP contribution in [0.15, 0.2) is 36.7 Å². The highest BCUT2D eigenvalue weighted by Gasteiger charge is 2.24. The molecule has 8 nitrogen and oxygen atoms in total. The van der Waals surface area contributed by atoms with E-state index in [4.69, 9.17) is 4.74 Å². The fourth-order valence-electron chi connectivity index (χ4n) is 3.05. The van der Waals surface area contributed by atoms with Crippen LogP contribution in [0.25, 0.3) is 0 Å². The van der Waals surface area contributed by atoms with Gasteiger partial charge in [0.15, 0.2) is 0 Å². The molecule has 2 aromatic rings. The standard InChI is InChI=1S/C20H25N5O3/c1-3-28-20(27)25-9-7-16(8-10-25)23-18(26)15-12-21-19(22-13-15)24-17-6-4-5-14(2)11-17/h4-6,11-13,16H,3,7-10H2,1-2H3,(H,23,26)(H,21,22,24). The largest absolute Gasteiger partial charge is 0.450 e. The molecule has 1 aromatic heterocycles. The van der Waals surface area contributed by atoms with Crippen LogP contribution < -0.4 is 10.6 Å². The van der Waals surface area contributed by atoms with Crippen molar-refractivity contribution in [3.63, 3.8) is 0 Å². The van der Waals surface area contributed by atoms with Gasteiger partial charge in [0, 0.05) is 37.2 Å². The van der Waals surface area contributed by atoms with Gasteiger partial charge in [0.25, 0.3) is 5.91 Å². The van der Waals surface area contributed by atoms with Crippen molar-refractivity contribution in [2.45, 2.75) is 32.7 Å². The number of hydrogen-bond acceptors (Lipinski definition) is 6. The van der Waals surface area contributed by atoms with E-state index in [-0.39, 0.29) is 18.0 Å². The third-order valence-corrected chi connectivity index (χ3v) is 4.54. The molecule has 0 unspecified atom stereocenters. The summed E-state index contributed by atoms with van der Waals surface area (Å²) in [6, 6.07) is 7.90. The van der Waals surface area contributed by atoms with Crippen LogP contribution in [0.4, 0.5) is 16.4 Å². The van der Waals surface area contributed by atoms with E-state index in [0.29, 0.717) is 44.0 Å². The summed E-state index contributed by atoms with van der Waals surface area (Å²) in [6.07, 6.45) is 4.11. The summed E-state index contributed by atoms with van der Waals surface area (Å²) < 4.78 is 5.00. The molecule has 1 saturated heterocycles. The summed E-state index contributed by atoms with van der Waals surface area (Å²) in [5.41, 5.74) is 2.43. The lowest BCUT2D eigenvalue weighted by atomic mass is 10.1. The minimum atomic E-state index is -0.294. The van der Waals surface area contributed by atoms with E-state index < -0.39 is 0 Å². The zero-order valence-corrected chi connectivity index (χ0v) is 16.1. The molecule has 0 spiro atoms. The Kier molecular flexibility index (Phi) is 6.41. The molecule has 148 valence electrons. The van der Waals surface area contributed by atoms with Gasteiger partial charge in [0.2, 0.25) is 5.95 Å². The lowest BCUT2D eigenvalue weighted by molar-refractivity contribution is 0.0859. The van der Waals surface area contributed by atoms with E-state index in [9.17, 15) is 9.59 Å². The minimum absolute atomic E-state index is 0.0169. The highest BCUT2D eigenvalue weighted by molar-refractivity contribution is 5.93. The van der Waals surface area contributed by atoms with E-state index in [0.717, 1.165) is 11.3 Å². The van der Waals surface area contributed by atoms with E-state index in [1.165, 1.54) is 12.4 Å². The number of hydrogen-bond donors (Lipinski definition) is 2. The van der Waals surface area contributed by atoms with Gasteiger partial charge in [-0.15, -0.1) is 0 Å². The highest BCUT2D eigenvalue weighted by Crippen LogP contribution is 2.15. The van der Waals surface area contributed by atoms with Crippen molar-refractivity contribution < 1.29 is 14.3 Å². The topological polar surface area (TPSA) is 96.5 Å². The van der Waals surface area contributed by atoms with Crippen molar-refractivity contribution in [2.75, 3.05) is 25.0 Å². The van der Waals surface area contributed by atoms with Crippen LogP contribution in [-0.2, 0) is 4.74 Å². The molecule has 1 aliphatic heterocycles. The summed E-state index contributed by atoms with van der Waals surface area (Å²) >= 11 is 0. The molecule has 0 aliphatic carbocycles. The molecule has 2 heterocycles. The number of anilines is 2. The number of piperidine rings is 1. The average molecular weight is 383 g/mol. The summed E-state index contributed by atoms with van der Waals surface area (Å²) in [7, 11) is 0. The Morgan fingerprint density at radius 1 is 1.21 bits per heavy atom. The first-order valence-corrected chi connectivity index (χ1v) is 9.43. The molecule has 28 heavy (non-hydrogen) atoms. The molecule has 1 fully saturated rings. The van der Waals surface area contributed by atoms with E-state index >= 15 is 0 Å². The molecule has 8 heteroatoms. The van der Waals surface area contributed by atoms with Crippen molar-refractivity contribution >= 4 is 23.6 Å². The number of aromatic nitrogens is 2. The van der Waals surface area contributed by atoms with Crippen LogP contribution >= 0.6 is 0 Å². The van der Waals surface area contributed by atoms with Gasteiger partial charge < -0.3 is 20.3 Å². The fourth-order valence-corrected chi connectivity index (χ4v) is 3.05. The van der Waals surface area contributed by atoms with Gasteiger partial charge in [-0.1, -0.05) is 12.1 Å². The Morgan fingerprint density at radius 3 is 2.57 bits per heavy atom. The van der Waals surface area contributed by atoms with Crippen LogP contribution in [0.1, 0.15) is 35.7 Å². The minimum Gasteiger partial charge on any atom is -0.450 e. The smallest absolute Gasteiger partial charge is 0.409 e. The Morgan fingerprint density at radius 2 is 1.93 bits per heavy atom. The number of amides is 2. The second kappa shape index (κ2) is 9.16. The fraction of sp³-hybridized carbons (Fsp3) is 0.400. The van der Waals surface area contributed by atoms with Crippen LogP contribution in [0.5, 0.6) is 0 Å². The summed E-state index contributed by atoms with van der Waals surface area (Å²) in [5.74, 6) is 0.224. The first kappa shape index (κ1) is 19.6. The molecule has 0 saturated carbocycles. The van der Waals surface area contributed by atoms with Crippen molar-refractivity contribution in [1.82, 2.24) is 20.2 Å². The maximum atomic E-state index is 12.4. The molecule has 2 amide bonds. The van der Waals surface area contributed by atoms with E-state index in [1.807, 2.05) is 31.2 Å². The van der Waals surface area contributed by atoms with Gasteiger partial charge in [-0.2, -0.15) is 0 Å². The number of benzene rings is 1. The van der Waals surface area contributed by atoms with Gasteiger partial charge in [0.05, 0.1) is 12.2 Å². The Balaban J connectivity index is 1.50. The number of nitrogens with one attached hydrogen (secondary N) is 2. The Hall–Kier alpha value is -3.16. The predicted octanol–water partition coefficient (Wildman–Crippen LogP) is 2.88. The molecule has 3 rings (SSSR count). The normalized spacial score (nSPS) is 14.4. The molecule has 0 radical (unpaired) electrons. The van der Waals surface area contributed by atoms with Gasteiger partial charge in [-0.3, -0.25) is 4.79 Å². The molecular weight excluding hydrogens is 358 g/mol. The molecule has 0 bridgehead atoms. The van der Waals surface area contributed by atoms with Gasteiger partial charge >= 0.3 is 6.09 Å². The lowest BCUT2D eigenvalue weighted by Gasteiger charge is -2.31. The maximum Gasteiger partial charge on any atom is 0.409 e. The summed E-state index contributed by atoms with van der Waals surface area (Å²) in [5, 5.41) is 6.10. The molecule has 2 N–H and O–H groups in total. The van der Waals surface area contributed by atoms with E-state index in [1.54, 1.807) is 11.8 Å². The monoisotopic (exact) mass is 383 g/mol. The zero-order valence-electron chi connectivity index (χ0n) is 16.1. The number of aryl methyl sites for hydroxylation is 1. The Bertz CT molecular complexity index is 817. The second-order valence-corrected chi connectivity index (χ2v) is 6.72. The van der Waals surface area contributed by atoms with Crippen molar-refractivity contribution in [3.05, 3.63) is 47.8 Å². The number of nitrogens with zero attached hydrogens (tertiary/aromatic N) is 3. The van der Waals surface area contributed by atoms with Crippen molar-refractivity contribution in [1.29, 1.82) is 0 Å². The molecule has 0 atom stereocenters. The second-order valence-electron chi connectivity index (χ2n) is 6.72. The third-order valence-electron chi connectivity index (χ3n) is 4.54. The molecule has 1 aliphatic rings. The van der Waals surface area contributed by atoms with Gasteiger partial charge in [-0.05, 0) is 44.4 Å². The lowest BCUT2D eigenvalue weighted by Crippen LogP contribution is -2.46. The Labute approximate surface area is 164 Å². The number of ether oxygens (including phenoxy) is 1. The maximum absolute atomic E-state index is 12.4. The van der Waals surface area contributed by atoms with Gasteiger partial charge in [0.1, 0.15) is 0 Å². The highest BCUT2D eigenvalue weighted by atomic mass is 16.6. The molecular formula is C20H25N5O3. The van der Waals surface area contributed by atoms with Crippen molar-refractivity contribution in [2.24, 2.45) is 0 Å². The first-order chi connectivity index (χ1) is 13.5. The van der Waals surface area contributed by atoms with Crippen LogP contribution in [0.2, 0.25) is 0 Å². The quantitative estimate of drug-likeness (QED) is 0.824. The number of carbonyl (C=O) groups is 2. The summed E-state index contributed by atoms with van der Waals surface area (Å²) in [4.78, 5) is 34.3. The number of likely N-dealkylation sites (tertiary alicyclic amines) is 1. The third kappa shape index (κ3) is 5.18. The predicted molar refractivity (Wildman–Crippen MR) is 106 cm³/mol. The number of rotatable bonds is 5. The van der Waals surface area contributed by atoms with Crippen LogP contribution in [0.3, 0.4) is 0 Å². The van der Waals surface area contributed by atoms with Crippen LogP contribution in [-0.4, -0.2) is 52.6 Å². The van der Waals surface area contributed by atoms with E-state index in [2.05, 4.69) is 20.6 Å². The zero-order chi connectivity index (χ0) is 19.9. The average Bonchev–Trinajstić information content (AvgIpc) is 2.69. The molecule has 1 aromatic carbocycles. The number of carbonyl (C=O) groups excluding carboxylic acids is 2.